The fourth-order valence-corrected chi connectivity index (χ4v) is 4.98. The van der Waals surface area contributed by atoms with Gasteiger partial charge in [-0.15, -0.1) is 0 Å². The molecule has 0 aliphatic carbocycles. The van der Waals surface area contributed by atoms with E-state index in [1.807, 2.05) is 30.5 Å². The smallest absolute Gasteiger partial charge is 0.262 e. The molecular weight excluding hydrogens is 408 g/mol. The molecule has 1 saturated heterocycles. The molecule has 0 bridgehead atoms. The summed E-state index contributed by atoms with van der Waals surface area (Å²) in [6.07, 6.45) is 2.39. The number of morpholine rings is 1. The quantitative estimate of drug-likeness (QED) is 0.400. The molecule has 5 rings (SSSR count). The van der Waals surface area contributed by atoms with Gasteiger partial charge in [-0.2, -0.15) is 0 Å². The molecule has 0 spiro atoms. The number of fused-ring (bicyclic) bond motifs is 1. The summed E-state index contributed by atoms with van der Waals surface area (Å²) in [6.45, 7) is 10.1. The van der Waals surface area contributed by atoms with Crippen LogP contribution in [0.5, 0.6) is 0 Å². The highest BCUT2D eigenvalue weighted by Crippen LogP contribution is 2.30. The second-order valence-corrected chi connectivity index (χ2v) is 9.26. The number of benzene rings is 3. The third kappa shape index (κ3) is 4.07. The van der Waals surface area contributed by atoms with Crippen molar-refractivity contribution in [1.82, 2.24) is 4.57 Å². The van der Waals surface area contributed by atoms with E-state index in [2.05, 4.69) is 75.1 Å². The van der Waals surface area contributed by atoms with E-state index in [1.54, 1.807) is 4.57 Å². The first-order chi connectivity index (χ1) is 15.9. The van der Waals surface area contributed by atoms with Gasteiger partial charge in [0.1, 0.15) is 0 Å². The summed E-state index contributed by atoms with van der Waals surface area (Å²) in [6, 6.07) is 22.8. The lowest BCUT2D eigenvalue weighted by Crippen LogP contribution is -2.45. The van der Waals surface area contributed by atoms with Gasteiger partial charge in [-0.1, -0.05) is 42.0 Å². The van der Waals surface area contributed by atoms with Crippen LogP contribution in [0.15, 0.2) is 77.7 Å². The lowest BCUT2D eigenvalue weighted by molar-refractivity contribution is -0.00521. The van der Waals surface area contributed by atoms with E-state index < -0.39 is 0 Å². The molecule has 1 aromatic heterocycles. The van der Waals surface area contributed by atoms with Crippen LogP contribution in [-0.4, -0.2) is 29.9 Å². The number of hydrogen-bond acceptors (Lipinski definition) is 3. The summed E-state index contributed by atoms with van der Waals surface area (Å²) < 4.78 is 7.63. The molecule has 2 atom stereocenters. The van der Waals surface area contributed by atoms with Crippen LogP contribution in [0.4, 0.5) is 5.69 Å². The summed E-state index contributed by atoms with van der Waals surface area (Å²) in [5, 5.41) is 1.77. The van der Waals surface area contributed by atoms with Gasteiger partial charge in [-0.25, -0.2) is 0 Å². The third-order valence-corrected chi connectivity index (χ3v) is 6.51. The maximum atomic E-state index is 13.5. The average molecular weight is 439 g/mol. The van der Waals surface area contributed by atoms with E-state index in [-0.39, 0.29) is 17.8 Å². The van der Waals surface area contributed by atoms with Crippen LogP contribution in [0.25, 0.3) is 27.6 Å². The van der Waals surface area contributed by atoms with Crippen molar-refractivity contribution in [2.45, 2.75) is 39.9 Å². The predicted molar refractivity (Wildman–Crippen MR) is 137 cm³/mol. The van der Waals surface area contributed by atoms with E-state index >= 15 is 0 Å². The van der Waals surface area contributed by atoms with Gasteiger partial charge in [-0.05, 0) is 80.1 Å². The minimum absolute atomic E-state index is 0.00549. The monoisotopic (exact) mass is 438 g/mol. The van der Waals surface area contributed by atoms with Crippen LogP contribution in [0.3, 0.4) is 0 Å². The minimum Gasteiger partial charge on any atom is -0.372 e. The summed E-state index contributed by atoms with van der Waals surface area (Å²) in [4.78, 5) is 15.9. The highest BCUT2D eigenvalue weighted by atomic mass is 16.5. The van der Waals surface area contributed by atoms with Gasteiger partial charge in [0.05, 0.1) is 12.2 Å². The predicted octanol–water partition coefficient (Wildman–Crippen LogP) is 5.89. The Bertz CT molecular complexity index is 1340. The van der Waals surface area contributed by atoms with Gasteiger partial charge in [0.2, 0.25) is 0 Å². The normalized spacial score (nSPS) is 18.6. The molecule has 0 N–H and O–H groups in total. The number of aryl methyl sites for hydroxylation is 2. The molecule has 4 aromatic rings. The SMILES string of the molecule is Cc1ccc(-c2cccc3c(=O)n(-c4ccc(N5C[C@@H](C)O[C@@H](C)C5)cc4)cc(C)c23)cc1. The second-order valence-electron chi connectivity index (χ2n) is 9.26. The molecule has 2 heterocycles. The van der Waals surface area contributed by atoms with Crippen LogP contribution < -0.4 is 10.5 Å². The lowest BCUT2D eigenvalue weighted by atomic mass is 9.96. The first-order valence-electron chi connectivity index (χ1n) is 11.6. The van der Waals surface area contributed by atoms with Crippen molar-refractivity contribution in [2.24, 2.45) is 0 Å². The topological polar surface area (TPSA) is 34.5 Å². The average Bonchev–Trinajstić information content (AvgIpc) is 2.81. The van der Waals surface area contributed by atoms with Gasteiger partial charge in [0.25, 0.3) is 5.56 Å². The zero-order valence-electron chi connectivity index (χ0n) is 19.7. The first kappa shape index (κ1) is 21.5. The highest BCUT2D eigenvalue weighted by molar-refractivity contribution is 5.98. The zero-order valence-corrected chi connectivity index (χ0v) is 19.7. The van der Waals surface area contributed by atoms with Crippen LogP contribution in [-0.2, 0) is 4.74 Å². The highest BCUT2D eigenvalue weighted by Gasteiger charge is 2.22. The van der Waals surface area contributed by atoms with Gasteiger partial charge in [-0.3, -0.25) is 9.36 Å². The number of nitrogens with zero attached hydrogens (tertiary/aromatic N) is 2. The maximum Gasteiger partial charge on any atom is 0.262 e. The summed E-state index contributed by atoms with van der Waals surface area (Å²) in [5.74, 6) is 0. The van der Waals surface area contributed by atoms with Crippen LogP contribution in [0.1, 0.15) is 25.0 Å². The van der Waals surface area contributed by atoms with Crippen LogP contribution >= 0.6 is 0 Å². The molecule has 0 unspecified atom stereocenters. The minimum atomic E-state index is 0.00549. The lowest BCUT2D eigenvalue weighted by Gasteiger charge is -2.36. The Hall–Kier alpha value is -3.37. The molecule has 0 saturated carbocycles. The molecule has 0 radical (unpaired) electrons. The summed E-state index contributed by atoms with van der Waals surface area (Å²) >= 11 is 0. The van der Waals surface area contributed by atoms with E-state index in [0.717, 1.165) is 51.9 Å². The number of rotatable bonds is 3. The van der Waals surface area contributed by atoms with E-state index in [1.165, 1.54) is 5.56 Å². The molecule has 1 aliphatic rings. The number of aromatic nitrogens is 1. The summed E-state index contributed by atoms with van der Waals surface area (Å²) in [7, 11) is 0. The van der Waals surface area contributed by atoms with Gasteiger partial charge in [0, 0.05) is 36.0 Å². The van der Waals surface area contributed by atoms with Crippen molar-refractivity contribution >= 4 is 16.5 Å². The van der Waals surface area contributed by atoms with Gasteiger partial charge < -0.3 is 9.64 Å². The number of pyridine rings is 1. The maximum absolute atomic E-state index is 13.5. The standard InChI is InChI=1S/C29H30N2O2/c1-19-8-10-23(11-9-19)26-6-5-7-27-28(26)20(2)16-31(29(27)32)25-14-12-24(13-15-25)30-17-21(3)33-22(4)18-30/h5-16,21-22H,17-18H2,1-4H3/t21-,22+. The number of anilines is 1. The second kappa shape index (κ2) is 8.53. The third-order valence-electron chi connectivity index (χ3n) is 6.51. The van der Waals surface area contributed by atoms with Crippen molar-refractivity contribution in [2.75, 3.05) is 18.0 Å². The van der Waals surface area contributed by atoms with Crippen molar-refractivity contribution in [3.05, 3.63) is 94.4 Å². The van der Waals surface area contributed by atoms with Gasteiger partial charge in [0.15, 0.2) is 0 Å². The first-order valence-corrected chi connectivity index (χ1v) is 11.6. The van der Waals surface area contributed by atoms with Crippen molar-refractivity contribution < 1.29 is 4.74 Å². The fourth-order valence-electron chi connectivity index (χ4n) is 4.98. The Labute approximate surface area is 195 Å². The molecule has 1 aliphatic heterocycles. The molecule has 4 heteroatoms. The molecule has 3 aromatic carbocycles. The number of ether oxygens (including phenoxy) is 1. The van der Waals surface area contributed by atoms with Crippen molar-refractivity contribution in [3.8, 4) is 16.8 Å². The Morgan fingerprint density at radius 1 is 0.818 bits per heavy atom. The van der Waals surface area contributed by atoms with E-state index in [0.29, 0.717) is 0 Å². The van der Waals surface area contributed by atoms with Gasteiger partial charge >= 0.3 is 0 Å². The van der Waals surface area contributed by atoms with Crippen LogP contribution in [0.2, 0.25) is 0 Å². The summed E-state index contributed by atoms with van der Waals surface area (Å²) in [5.41, 5.74) is 6.58. The molecule has 168 valence electrons. The Morgan fingerprint density at radius 2 is 1.45 bits per heavy atom. The van der Waals surface area contributed by atoms with E-state index in [9.17, 15) is 4.79 Å². The molecule has 0 amide bonds. The van der Waals surface area contributed by atoms with Crippen LogP contribution in [0, 0.1) is 13.8 Å². The Kier molecular flexibility index (Phi) is 5.55. The molecule has 33 heavy (non-hydrogen) atoms. The molecule has 4 nitrogen and oxygen atoms in total. The van der Waals surface area contributed by atoms with E-state index in [4.69, 9.17) is 4.74 Å². The fraction of sp³-hybridized carbons (Fsp3) is 0.276. The Balaban J connectivity index is 1.55. The Morgan fingerprint density at radius 3 is 2.12 bits per heavy atom. The zero-order chi connectivity index (χ0) is 23.1. The number of hydrogen-bond donors (Lipinski definition) is 0. The molecular formula is C29H30N2O2. The largest absolute Gasteiger partial charge is 0.372 e. The van der Waals surface area contributed by atoms with Crippen molar-refractivity contribution in [3.63, 3.8) is 0 Å². The molecule has 1 fully saturated rings. The van der Waals surface area contributed by atoms with Crippen molar-refractivity contribution in [1.29, 1.82) is 0 Å².